The van der Waals surface area contributed by atoms with Gasteiger partial charge in [0.15, 0.2) is 0 Å². The first-order valence-corrected chi connectivity index (χ1v) is 6.89. The molecular formula is C14H28N2O. The number of carbonyl (C=O) groups is 1. The second-order valence-corrected chi connectivity index (χ2v) is 6.65. The molecule has 0 unspecified atom stereocenters. The number of rotatable bonds is 4. The SMILES string of the molecule is CC(C)(C)CCNC(=O)CC1CCC(N)CC1. The van der Waals surface area contributed by atoms with Gasteiger partial charge in [-0.25, -0.2) is 0 Å². The summed E-state index contributed by atoms with van der Waals surface area (Å²) in [5.41, 5.74) is 6.15. The molecule has 0 atom stereocenters. The summed E-state index contributed by atoms with van der Waals surface area (Å²) in [5.74, 6) is 0.777. The predicted molar refractivity (Wildman–Crippen MR) is 71.6 cm³/mol. The summed E-state index contributed by atoms with van der Waals surface area (Å²) in [7, 11) is 0. The van der Waals surface area contributed by atoms with E-state index in [9.17, 15) is 4.79 Å². The number of amides is 1. The third kappa shape index (κ3) is 6.67. The maximum absolute atomic E-state index is 11.7. The van der Waals surface area contributed by atoms with Gasteiger partial charge in [-0.2, -0.15) is 0 Å². The van der Waals surface area contributed by atoms with Gasteiger partial charge in [0, 0.05) is 19.0 Å². The van der Waals surface area contributed by atoms with E-state index in [0.717, 1.165) is 38.6 Å². The Kier molecular flexibility index (Phi) is 5.44. The highest BCUT2D eigenvalue weighted by molar-refractivity contribution is 5.76. The van der Waals surface area contributed by atoms with Gasteiger partial charge in [-0.05, 0) is 43.4 Å². The molecule has 0 heterocycles. The van der Waals surface area contributed by atoms with E-state index < -0.39 is 0 Å². The van der Waals surface area contributed by atoms with Crippen LogP contribution in [0.3, 0.4) is 0 Å². The van der Waals surface area contributed by atoms with Crippen LogP contribution in [0, 0.1) is 11.3 Å². The monoisotopic (exact) mass is 240 g/mol. The van der Waals surface area contributed by atoms with Crippen molar-refractivity contribution in [2.45, 2.75) is 65.3 Å². The molecule has 0 radical (unpaired) electrons. The lowest BCUT2D eigenvalue weighted by molar-refractivity contribution is -0.122. The van der Waals surface area contributed by atoms with Gasteiger partial charge in [-0.3, -0.25) is 4.79 Å². The smallest absolute Gasteiger partial charge is 0.220 e. The molecule has 0 aliphatic heterocycles. The van der Waals surface area contributed by atoms with Crippen LogP contribution in [0.15, 0.2) is 0 Å². The summed E-state index contributed by atoms with van der Waals surface area (Å²) in [4.78, 5) is 11.7. The molecule has 1 rings (SSSR count). The first kappa shape index (κ1) is 14.5. The van der Waals surface area contributed by atoms with E-state index in [2.05, 4.69) is 26.1 Å². The molecule has 3 nitrogen and oxygen atoms in total. The van der Waals surface area contributed by atoms with Crippen molar-refractivity contribution in [2.24, 2.45) is 17.1 Å². The molecule has 1 aliphatic rings. The van der Waals surface area contributed by atoms with E-state index in [-0.39, 0.29) is 5.91 Å². The Bertz CT molecular complexity index is 237. The minimum atomic E-state index is 0.217. The van der Waals surface area contributed by atoms with E-state index in [4.69, 9.17) is 5.73 Å². The molecule has 0 saturated heterocycles. The number of nitrogens with one attached hydrogen (secondary N) is 1. The maximum atomic E-state index is 11.7. The first-order valence-electron chi connectivity index (χ1n) is 6.89. The second kappa shape index (κ2) is 6.39. The van der Waals surface area contributed by atoms with Crippen molar-refractivity contribution in [1.29, 1.82) is 0 Å². The Morgan fingerprint density at radius 2 is 1.82 bits per heavy atom. The van der Waals surface area contributed by atoms with E-state index in [1.807, 2.05) is 0 Å². The fraction of sp³-hybridized carbons (Fsp3) is 0.929. The molecule has 1 saturated carbocycles. The normalized spacial score (nSPS) is 25.6. The van der Waals surface area contributed by atoms with Crippen LogP contribution < -0.4 is 11.1 Å². The van der Waals surface area contributed by atoms with Gasteiger partial charge in [0.25, 0.3) is 0 Å². The highest BCUT2D eigenvalue weighted by Crippen LogP contribution is 2.25. The fourth-order valence-corrected chi connectivity index (χ4v) is 2.30. The predicted octanol–water partition coefficient (Wildman–Crippen LogP) is 2.45. The molecule has 1 amide bonds. The molecule has 3 heteroatoms. The average molecular weight is 240 g/mol. The highest BCUT2D eigenvalue weighted by atomic mass is 16.1. The molecule has 0 spiro atoms. The zero-order valence-electron chi connectivity index (χ0n) is 11.6. The van der Waals surface area contributed by atoms with Crippen LogP contribution in [0.2, 0.25) is 0 Å². The van der Waals surface area contributed by atoms with Crippen LogP contribution >= 0.6 is 0 Å². The summed E-state index contributed by atoms with van der Waals surface area (Å²) in [6.45, 7) is 7.39. The molecular weight excluding hydrogens is 212 g/mol. The van der Waals surface area contributed by atoms with E-state index in [1.165, 1.54) is 0 Å². The molecule has 0 aromatic carbocycles. The van der Waals surface area contributed by atoms with E-state index in [0.29, 0.717) is 23.8 Å². The van der Waals surface area contributed by atoms with Gasteiger partial charge in [0.2, 0.25) is 5.91 Å². The summed E-state index contributed by atoms with van der Waals surface area (Å²) in [5, 5.41) is 3.03. The largest absolute Gasteiger partial charge is 0.356 e. The third-order valence-electron chi connectivity index (χ3n) is 3.56. The number of hydrogen-bond acceptors (Lipinski definition) is 2. The van der Waals surface area contributed by atoms with Crippen molar-refractivity contribution in [3.8, 4) is 0 Å². The van der Waals surface area contributed by atoms with E-state index >= 15 is 0 Å². The van der Waals surface area contributed by atoms with Crippen LogP contribution in [0.25, 0.3) is 0 Å². The Balaban J connectivity index is 2.13. The molecule has 0 bridgehead atoms. The zero-order chi connectivity index (χ0) is 12.9. The third-order valence-corrected chi connectivity index (χ3v) is 3.56. The van der Waals surface area contributed by atoms with Crippen molar-refractivity contribution in [3.63, 3.8) is 0 Å². The lowest BCUT2D eigenvalue weighted by Gasteiger charge is -2.25. The van der Waals surface area contributed by atoms with Gasteiger partial charge in [0.05, 0.1) is 0 Å². The number of carbonyl (C=O) groups excluding carboxylic acids is 1. The first-order chi connectivity index (χ1) is 7.87. The summed E-state index contributed by atoms with van der Waals surface area (Å²) >= 11 is 0. The maximum Gasteiger partial charge on any atom is 0.220 e. The Morgan fingerprint density at radius 1 is 1.24 bits per heavy atom. The quantitative estimate of drug-likeness (QED) is 0.793. The van der Waals surface area contributed by atoms with Gasteiger partial charge in [-0.15, -0.1) is 0 Å². The van der Waals surface area contributed by atoms with Crippen molar-refractivity contribution in [1.82, 2.24) is 5.32 Å². The topological polar surface area (TPSA) is 55.1 Å². The van der Waals surface area contributed by atoms with Crippen molar-refractivity contribution in [2.75, 3.05) is 6.54 Å². The lowest BCUT2D eigenvalue weighted by atomic mass is 9.84. The molecule has 0 aromatic rings. The van der Waals surface area contributed by atoms with Crippen molar-refractivity contribution >= 4 is 5.91 Å². The van der Waals surface area contributed by atoms with Crippen LogP contribution in [-0.4, -0.2) is 18.5 Å². The van der Waals surface area contributed by atoms with Crippen molar-refractivity contribution < 1.29 is 4.79 Å². The van der Waals surface area contributed by atoms with Gasteiger partial charge < -0.3 is 11.1 Å². The van der Waals surface area contributed by atoms with E-state index in [1.54, 1.807) is 0 Å². The molecule has 17 heavy (non-hydrogen) atoms. The number of hydrogen-bond donors (Lipinski definition) is 2. The van der Waals surface area contributed by atoms with Crippen LogP contribution in [-0.2, 0) is 4.79 Å². The summed E-state index contributed by atoms with van der Waals surface area (Å²) in [6, 6.07) is 0.371. The number of nitrogens with two attached hydrogens (primary N) is 1. The van der Waals surface area contributed by atoms with Crippen LogP contribution in [0.1, 0.15) is 59.3 Å². The summed E-state index contributed by atoms with van der Waals surface area (Å²) < 4.78 is 0. The minimum absolute atomic E-state index is 0.217. The zero-order valence-corrected chi connectivity index (χ0v) is 11.6. The van der Waals surface area contributed by atoms with Gasteiger partial charge in [-0.1, -0.05) is 20.8 Å². The fourth-order valence-electron chi connectivity index (χ4n) is 2.30. The standard InChI is InChI=1S/C14H28N2O/c1-14(2,3)8-9-16-13(17)10-11-4-6-12(15)7-5-11/h11-12H,4-10,15H2,1-3H3,(H,16,17). The molecule has 1 aliphatic carbocycles. The average Bonchev–Trinajstić information content (AvgIpc) is 2.19. The highest BCUT2D eigenvalue weighted by Gasteiger charge is 2.20. The van der Waals surface area contributed by atoms with Gasteiger partial charge >= 0.3 is 0 Å². The molecule has 0 aromatic heterocycles. The summed E-state index contributed by atoms with van der Waals surface area (Å²) in [6.07, 6.45) is 6.13. The Hall–Kier alpha value is -0.570. The molecule has 3 N–H and O–H groups in total. The van der Waals surface area contributed by atoms with Crippen LogP contribution in [0.5, 0.6) is 0 Å². The Morgan fingerprint density at radius 3 is 2.35 bits per heavy atom. The van der Waals surface area contributed by atoms with Gasteiger partial charge in [0.1, 0.15) is 0 Å². The molecule has 100 valence electrons. The van der Waals surface area contributed by atoms with Crippen molar-refractivity contribution in [3.05, 3.63) is 0 Å². The second-order valence-electron chi connectivity index (χ2n) is 6.65. The lowest BCUT2D eigenvalue weighted by Crippen LogP contribution is -2.32. The Labute approximate surface area is 106 Å². The molecule has 1 fully saturated rings. The van der Waals surface area contributed by atoms with Crippen LogP contribution in [0.4, 0.5) is 0 Å². The minimum Gasteiger partial charge on any atom is -0.356 e.